The normalized spacial score (nSPS) is 18.0. The van der Waals surface area contributed by atoms with E-state index in [1.807, 2.05) is 24.3 Å². The van der Waals surface area contributed by atoms with Crippen molar-refractivity contribution in [2.45, 2.75) is 37.1 Å². The lowest BCUT2D eigenvalue weighted by molar-refractivity contribution is 0.0724. The Kier molecular flexibility index (Phi) is 5.45. The Morgan fingerprint density at radius 3 is 2.39 bits per heavy atom. The summed E-state index contributed by atoms with van der Waals surface area (Å²) in [6.07, 6.45) is 3.76. The van der Waals surface area contributed by atoms with Gasteiger partial charge in [-0.2, -0.15) is 4.31 Å². The number of hydrogen-bond donors (Lipinski definition) is 0. The molecule has 1 saturated heterocycles. The topological polar surface area (TPSA) is 57.7 Å². The highest BCUT2D eigenvalue weighted by molar-refractivity contribution is 7.89. The first-order valence-corrected chi connectivity index (χ1v) is 11.4. The minimum atomic E-state index is -3.79. The number of nitrogens with zero attached hydrogens (tertiary/aromatic N) is 2. The van der Waals surface area contributed by atoms with Gasteiger partial charge in [-0.25, -0.2) is 8.42 Å². The molecule has 1 amide bonds. The van der Waals surface area contributed by atoms with Gasteiger partial charge < -0.3 is 4.90 Å². The molecule has 5 nitrogen and oxygen atoms in total. The Hall–Kier alpha value is -1.89. The van der Waals surface area contributed by atoms with E-state index in [2.05, 4.69) is 0 Å². The number of piperidine rings is 1. The third kappa shape index (κ3) is 3.69. The molecule has 0 N–H and O–H groups in total. The van der Waals surface area contributed by atoms with Crippen LogP contribution in [0.3, 0.4) is 0 Å². The van der Waals surface area contributed by atoms with E-state index >= 15 is 0 Å². The van der Waals surface area contributed by atoms with Crippen LogP contribution >= 0.6 is 11.6 Å². The largest absolute Gasteiger partial charge is 0.339 e. The fourth-order valence-corrected chi connectivity index (χ4v) is 5.85. The quantitative estimate of drug-likeness (QED) is 0.763. The van der Waals surface area contributed by atoms with Gasteiger partial charge in [0.2, 0.25) is 10.0 Å². The number of rotatable bonds is 3. The number of carbonyl (C=O) groups is 1. The third-order valence-corrected chi connectivity index (χ3v) is 7.86. The van der Waals surface area contributed by atoms with E-state index in [1.165, 1.54) is 22.0 Å². The molecular weight excluding hydrogens is 396 g/mol. The van der Waals surface area contributed by atoms with Crippen molar-refractivity contribution in [3.8, 4) is 0 Å². The molecule has 0 spiro atoms. The van der Waals surface area contributed by atoms with Crippen LogP contribution in [0.4, 0.5) is 0 Å². The molecule has 0 aliphatic carbocycles. The molecule has 1 fully saturated rings. The van der Waals surface area contributed by atoms with Crippen molar-refractivity contribution in [1.82, 2.24) is 9.21 Å². The summed E-state index contributed by atoms with van der Waals surface area (Å²) in [6.45, 7) is 2.15. The van der Waals surface area contributed by atoms with Gasteiger partial charge in [0.05, 0.1) is 5.02 Å². The van der Waals surface area contributed by atoms with Gasteiger partial charge in [-0.15, -0.1) is 0 Å². The minimum absolute atomic E-state index is 0.0106. The summed E-state index contributed by atoms with van der Waals surface area (Å²) in [5.74, 6) is -0.128. The van der Waals surface area contributed by atoms with E-state index in [-0.39, 0.29) is 15.8 Å². The van der Waals surface area contributed by atoms with Crippen molar-refractivity contribution in [3.05, 3.63) is 64.2 Å². The molecule has 0 aromatic heterocycles. The van der Waals surface area contributed by atoms with Gasteiger partial charge in [-0.3, -0.25) is 4.79 Å². The van der Waals surface area contributed by atoms with Gasteiger partial charge in [0.25, 0.3) is 5.91 Å². The molecule has 28 heavy (non-hydrogen) atoms. The lowest BCUT2D eigenvalue weighted by Gasteiger charge is -2.29. The Bertz CT molecular complexity index is 1000. The second-order valence-electron chi connectivity index (χ2n) is 7.36. The van der Waals surface area contributed by atoms with E-state index in [4.69, 9.17) is 11.6 Å². The highest BCUT2D eigenvalue weighted by atomic mass is 35.5. The first-order chi connectivity index (χ1) is 13.5. The van der Waals surface area contributed by atoms with Crippen molar-refractivity contribution in [2.24, 2.45) is 0 Å². The Morgan fingerprint density at radius 2 is 1.64 bits per heavy atom. The van der Waals surface area contributed by atoms with Gasteiger partial charge >= 0.3 is 0 Å². The average molecular weight is 419 g/mol. The minimum Gasteiger partial charge on any atom is -0.339 e. The number of likely N-dealkylation sites (tertiary alicyclic amines) is 1. The lowest BCUT2D eigenvalue weighted by atomic mass is 10.0. The van der Waals surface area contributed by atoms with Gasteiger partial charge in [0.1, 0.15) is 4.90 Å². The zero-order valence-electron chi connectivity index (χ0n) is 15.6. The van der Waals surface area contributed by atoms with Gasteiger partial charge in [-0.05, 0) is 55.0 Å². The smallest absolute Gasteiger partial charge is 0.253 e. The van der Waals surface area contributed by atoms with Crippen molar-refractivity contribution in [1.29, 1.82) is 0 Å². The first-order valence-electron chi connectivity index (χ1n) is 9.62. The van der Waals surface area contributed by atoms with E-state index in [9.17, 15) is 13.2 Å². The highest BCUT2D eigenvalue weighted by Crippen LogP contribution is 2.30. The number of sulfonamides is 1. The maximum Gasteiger partial charge on any atom is 0.253 e. The summed E-state index contributed by atoms with van der Waals surface area (Å²) in [5, 5.41) is 0.147. The van der Waals surface area contributed by atoms with Crippen LogP contribution in [0.15, 0.2) is 47.4 Å². The highest BCUT2D eigenvalue weighted by Gasteiger charge is 2.31. The van der Waals surface area contributed by atoms with Crippen LogP contribution in [0.1, 0.15) is 40.7 Å². The molecule has 0 unspecified atom stereocenters. The third-order valence-electron chi connectivity index (χ3n) is 5.53. The fraction of sp³-hybridized carbons (Fsp3) is 0.381. The number of halogens is 1. The Labute approximate surface area is 171 Å². The van der Waals surface area contributed by atoms with E-state index < -0.39 is 10.0 Å². The second-order valence-corrected chi connectivity index (χ2v) is 9.67. The number of carbonyl (C=O) groups excluding carboxylic acids is 1. The van der Waals surface area contributed by atoms with Gasteiger partial charge in [-0.1, -0.05) is 35.9 Å². The zero-order valence-corrected chi connectivity index (χ0v) is 17.2. The van der Waals surface area contributed by atoms with Crippen LogP contribution in [0.2, 0.25) is 5.02 Å². The molecule has 2 heterocycles. The van der Waals surface area contributed by atoms with Crippen molar-refractivity contribution < 1.29 is 13.2 Å². The van der Waals surface area contributed by atoms with Crippen LogP contribution < -0.4 is 0 Å². The van der Waals surface area contributed by atoms with Crippen molar-refractivity contribution in [2.75, 3.05) is 19.6 Å². The molecule has 148 valence electrons. The maximum absolute atomic E-state index is 13.3. The van der Waals surface area contributed by atoms with E-state index in [0.29, 0.717) is 38.2 Å². The average Bonchev–Trinajstić information content (AvgIpc) is 2.73. The standard InChI is InChI=1S/C21H23ClN2O3S/c22-19-9-8-17(21(25)23-11-4-1-5-12-23)14-20(19)28(26,27)24-13-10-16-6-2-3-7-18(16)15-24/h2-3,6-9,14H,1,4-5,10-13,15H2. The van der Waals surface area contributed by atoms with Crippen molar-refractivity contribution >= 4 is 27.5 Å². The summed E-state index contributed by atoms with van der Waals surface area (Å²) < 4.78 is 28.0. The molecule has 0 saturated carbocycles. The monoisotopic (exact) mass is 418 g/mol. The summed E-state index contributed by atoms with van der Waals surface area (Å²) in [4.78, 5) is 14.6. The van der Waals surface area contributed by atoms with E-state index in [0.717, 1.165) is 24.8 Å². The van der Waals surface area contributed by atoms with Crippen LogP contribution in [0, 0.1) is 0 Å². The SMILES string of the molecule is O=C(c1ccc(Cl)c(S(=O)(=O)N2CCc3ccccc3C2)c1)N1CCCCC1. The van der Waals surface area contributed by atoms with E-state index in [1.54, 1.807) is 11.0 Å². The van der Waals surface area contributed by atoms with Gasteiger partial charge in [0.15, 0.2) is 0 Å². The second kappa shape index (κ2) is 7.85. The molecule has 2 aliphatic rings. The van der Waals surface area contributed by atoms with Crippen LogP contribution in [0.25, 0.3) is 0 Å². The fourth-order valence-electron chi connectivity index (χ4n) is 3.93. The van der Waals surface area contributed by atoms with Gasteiger partial charge in [0, 0.05) is 31.7 Å². The summed E-state index contributed by atoms with van der Waals surface area (Å²) in [6, 6.07) is 12.4. The Morgan fingerprint density at radius 1 is 0.929 bits per heavy atom. The summed E-state index contributed by atoms with van der Waals surface area (Å²) >= 11 is 6.26. The molecule has 0 atom stereocenters. The number of hydrogen-bond acceptors (Lipinski definition) is 3. The molecule has 0 bridgehead atoms. The van der Waals surface area contributed by atoms with Crippen LogP contribution in [0.5, 0.6) is 0 Å². The molecule has 4 rings (SSSR count). The molecule has 2 aliphatic heterocycles. The van der Waals surface area contributed by atoms with Crippen molar-refractivity contribution in [3.63, 3.8) is 0 Å². The predicted octanol–water partition coefficient (Wildman–Crippen LogP) is 3.71. The van der Waals surface area contributed by atoms with Crippen LogP contribution in [-0.2, 0) is 23.0 Å². The zero-order chi connectivity index (χ0) is 19.7. The lowest BCUT2D eigenvalue weighted by Crippen LogP contribution is -2.37. The van der Waals surface area contributed by atoms with Crippen LogP contribution in [-0.4, -0.2) is 43.2 Å². The Balaban J connectivity index is 1.63. The first kappa shape index (κ1) is 19.4. The maximum atomic E-state index is 13.3. The molecule has 0 radical (unpaired) electrons. The number of fused-ring (bicyclic) bond motifs is 1. The summed E-state index contributed by atoms with van der Waals surface area (Å²) in [5.41, 5.74) is 2.56. The molecular formula is C21H23ClN2O3S. The number of benzene rings is 2. The summed E-state index contributed by atoms with van der Waals surface area (Å²) in [7, 11) is -3.79. The molecule has 2 aromatic carbocycles. The molecule has 2 aromatic rings. The molecule has 7 heteroatoms. The predicted molar refractivity (Wildman–Crippen MR) is 109 cm³/mol. The number of amides is 1.